The monoisotopic (exact) mass is 305 g/mol. The van der Waals surface area contributed by atoms with Gasteiger partial charge in [-0.15, -0.1) is 0 Å². The lowest BCUT2D eigenvalue weighted by molar-refractivity contribution is -0.210. The van der Waals surface area contributed by atoms with E-state index in [-0.39, 0.29) is 6.04 Å². The van der Waals surface area contributed by atoms with Crippen molar-refractivity contribution in [3.8, 4) is 5.75 Å². The van der Waals surface area contributed by atoms with Crippen molar-refractivity contribution in [3.05, 3.63) is 29.3 Å². The summed E-state index contributed by atoms with van der Waals surface area (Å²) >= 11 is 0. The Bertz CT molecular complexity index is 449. The fraction of sp³-hybridized carbons (Fsp3) is 0.600. The van der Waals surface area contributed by atoms with E-state index in [9.17, 15) is 13.2 Å². The lowest BCUT2D eigenvalue weighted by Crippen LogP contribution is -2.34. The maximum atomic E-state index is 12.3. The van der Waals surface area contributed by atoms with Gasteiger partial charge < -0.3 is 15.2 Å². The van der Waals surface area contributed by atoms with Crippen LogP contribution in [-0.2, 0) is 0 Å². The van der Waals surface area contributed by atoms with Crippen LogP contribution in [0, 0.1) is 6.92 Å². The molecule has 0 saturated heterocycles. The number of rotatable bonds is 7. The molecule has 0 aliphatic carbocycles. The predicted molar refractivity (Wildman–Crippen MR) is 75.4 cm³/mol. The zero-order valence-corrected chi connectivity index (χ0v) is 12.5. The van der Waals surface area contributed by atoms with Gasteiger partial charge in [0.15, 0.2) is 6.10 Å². The Kier molecular flexibility index (Phi) is 6.48. The quantitative estimate of drug-likeness (QED) is 0.811. The van der Waals surface area contributed by atoms with Crippen LogP contribution in [0.5, 0.6) is 5.75 Å². The molecule has 0 aromatic heterocycles. The topological polar surface area (TPSA) is 41.5 Å². The van der Waals surface area contributed by atoms with E-state index in [4.69, 9.17) is 9.84 Å². The second kappa shape index (κ2) is 7.66. The molecule has 2 atom stereocenters. The third-order valence-corrected chi connectivity index (χ3v) is 3.11. The first-order valence-electron chi connectivity index (χ1n) is 6.97. The largest absolute Gasteiger partial charge is 0.490 e. The summed E-state index contributed by atoms with van der Waals surface area (Å²) in [5.74, 6) is 0.370. The first kappa shape index (κ1) is 17.8. The Balaban J connectivity index is 2.82. The van der Waals surface area contributed by atoms with E-state index in [0.717, 1.165) is 24.1 Å². The molecular formula is C15H22F3NO2. The molecule has 0 fully saturated rings. The minimum absolute atomic E-state index is 0.0384. The molecule has 2 unspecified atom stereocenters. The predicted octanol–water partition coefficient (Wildman–Crippen LogP) is 3.36. The standard InChI is InChI=1S/C15H22F3NO2/c1-4-7-19-11(3)12-6-5-10(2)8-13(12)21-9-14(20)15(16,17)18/h5-6,8,11,14,19-20H,4,7,9H2,1-3H3. The van der Waals surface area contributed by atoms with Crippen molar-refractivity contribution in [3.63, 3.8) is 0 Å². The Morgan fingerprint density at radius 3 is 2.57 bits per heavy atom. The van der Waals surface area contributed by atoms with Crippen LogP contribution in [-0.4, -0.2) is 30.5 Å². The molecule has 0 aliphatic rings. The maximum absolute atomic E-state index is 12.3. The van der Waals surface area contributed by atoms with Crippen LogP contribution in [0.1, 0.15) is 37.4 Å². The Hall–Kier alpha value is -1.27. The van der Waals surface area contributed by atoms with E-state index < -0.39 is 18.9 Å². The lowest BCUT2D eigenvalue weighted by atomic mass is 10.0. The van der Waals surface area contributed by atoms with Gasteiger partial charge in [0.1, 0.15) is 12.4 Å². The number of alkyl halides is 3. The van der Waals surface area contributed by atoms with Gasteiger partial charge >= 0.3 is 6.18 Å². The summed E-state index contributed by atoms with van der Waals surface area (Å²) < 4.78 is 42.1. The van der Waals surface area contributed by atoms with Crippen LogP contribution < -0.4 is 10.1 Å². The van der Waals surface area contributed by atoms with E-state index in [1.807, 2.05) is 32.9 Å². The van der Waals surface area contributed by atoms with Crippen molar-refractivity contribution in [1.29, 1.82) is 0 Å². The second-order valence-electron chi connectivity index (χ2n) is 5.09. The van der Waals surface area contributed by atoms with E-state index >= 15 is 0 Å². The molecule has 21 heavy (non-hydrogen) atoms. The Morgan fingerprint density at radius 2 is 2.00 bits per heavy atom. The first-order valence-corrected chi connectivity index (χ1v) is 6.97. The zero-order chi connectivity index (χ0) is 16.0. The fourth-order valence-corrected chi connectivity index (χ4v) is 1.86. The number of ether oxygens (including phenoxy) is 1. The molecule has 1 aromatic rings. The van der Waals surface area contributed by atoms with Gasteiger partial charge in [-0.05, 0) is 38.4 Å². The molecule has 3 nitrogen and oxygen atoms in total. The molecular weight excluding hydrogens is 283 g/mol. The van der Waals surface area contributed by atoms with Gasteiger partial charge in [0.05, 0.1) is 0 Å². The third-order valence-electron chi connectivity index (χ3n) is 3.11. The maximum Gasteiger partial charge on any atom is 0.417 e. The molecule has 6 heteroatoms. The highest BCUT2D eigenvalue weighted by Gasteiger charge is 2.38. The van der Waals surface area contributed by atoms with Gasteiger partial charge in [-0.2, -0.15) is 13.2 Å². The average Bonchev–Trinajstić information content (AvgIpc) is 2.41. The number of hydrogen-bond acceptors (Lipinski definition) is 3. The number of aliphatic hydroxyl groups is 1. The molecule has 120 valence electrons. The van der Waals surface area contributed by atoms with Gasteiger partial charge in [0, 0.05) is 11.6 Å². The van der Waals surface area contributed by atoms with E-state index in [1.54, 1.807) is 6.07 Å². The summed E-state index contributed by atoms with van der Waals surface area (Å²) in [6.45, 7) is 5.79. The van der Waals surface area contributed by atoms with Crippen LogP contribution in [0.4, 0.5) is 13.2 Å². The van der Waals surface area contributed by atoms with Crippen LogP contribution in [0.2, 0.25) is 0 Å². The van der Waals surface area contributed by atoms with Crippen molar-refractivity contribution >= 4 is 0 Å². The molecule has 0 amide bonds. The van der Waals surface area contributed by atoms with Crippen LogP contribution in [0.3, 0.4) is 0 Å². The van der Waals surface area contributed by atoms with Gasteiger partial charge in [0.2, 0.25) is 0 Å². The summed E-state index contributed by atoms with van der Waals surface area (Å²) in [6, 6.07) is 5.36. The number of benzene rings is 1. The molecule has 0 radical (unpaired) electrons. The zero-order valence-electron chi connectivity index (χ0n) is 12.5. The number of aryl methyl sites for hydroxylation is 1. The fourth-order valence-electron chi connectivity index (χ4n) is 1.86. The molecule has 2 N–H and O–H groups in total. The third kappa shape index (κ3) is 5.55. The van der Waals surface area contributed by atoms with Gasteiger partial charge in [-0.25, -0.2) is 0 Å². The average molecular weight is 305 g/mol. The highest BCUT2D eigenvalue weighted by Crippen LogP contribution is 2.28. The molecule has 0 bridgehead atoms. The second-order valence-corrected chi connectivity index (χ2v) is 5.09. The van der Waals surface area contributed by atoms with Gasteiger partial charge in [-0.3, -0.25) is 0 Å². The van der Waals surface area contributed by atoms with Crippen LogP contribution in [0.25, 0.3) is 0 Å². The minimum Gasteiger partial charge on any atom is -0.490 e. The molecule has 0 aliphatic heterocycles. The molecule has 0 saturated carbocycles. The molecule has 1 aromatic carbocycles. The van der Waals surface area contributed by atoms with E-state index in [2.05, 4.69) is 5.32 Å². The number of halogens is 3. The molecule has 0 heterocycles. The summed E-state index contributed by atoms with van der Waals surface area (Å²) in [5.41, 5.74) is 1.67. The Labute approximate surface area is 123 Å². The smallest absolute Gasteiger partial charge is 0.417 e. The molecule has 1 rings (SSSR count). The van der Waals surface area contributed by atoms with Crippen molar-refractivity contribution in [2.75, 3.05) is 13.2 Å². The van der Waals surface area contributed by atoms with Crippen molar-refractivity contribution in [1.82, 2.24) is 5.32 Å². The van der Waals surface area contributed by atoms with Gasteiger partial charge in [0.25, 0.3) is 0 Å². The highest BCUT2D eigenvalue weighted by molar-refractivity contribution is 5.39. The van der Waals surface area contributed by atoms with Gasteiger partial charge in [-0.1, -0.05) is 19.1 Å². The van der Waals surface area contributed by atoms with Crippen molar-refractivity contribution in [2.24, 2.45) is 0 Å². The lowest BCUT2D eigenvalue weighted by Gasteiger charge is -2.21. The number of hydrogen-bond donors (Lipinski definition) is 2. The van der Waals surface area contributed by atoms with E-state index in [1.165, 1.54) is 0 Å². The Morgan fingerprint density at radius 1 is 1.33 bits per heavy atom. The molecule has 0 spiro atoms. The highest BCUT2D eigenvalue weighted by atomic mass is 19.4. The number of nitrogens with one attached hydrogen (secondary N) is 1. The van der Waals surface area contributed by atoms with Crippen LogP contribution in [0.15, 0.2) is 18.2 Å². The summed E-state index contributed by atoms with van der Waals surface area (Å²) in [6.07, 6.45) is -6.19. The normalized spacial score (nSPS) is 14.8. The summed E-state index contributed by atoms with van der Waals surface area (Å²) in [7, 11) is 0. The summed E-state index contributed by atoms with van der Waals surface area (Å²) in [4.78, 5) is 0. The van der Waals surface area contributed by atoms with E-state index in [0.29, 0.717) is 5.75 Å². The van der Waals surface area contributed by atoms with Crippen molar-refractivity contribution < 1.29 is 23.0 Å². The SMILES string of the molecule is CCCNC(C)c1ccc(C)cc1OCC(O)C(F)(F)F. The minimum atomic E-state index is -4.67. The van der Waals surface area contributed by atoms with Crippen LogP contribution >= 0.6 is 0 Å². The summed E-state index contributed by atoms with van der Waals surface area (Å²) in [5, 5.41) is 12.3. The number of aliphatic hydroxyl groups excluding tert-OH is 1. The first-order chi connectivity index (χ1) is 9.75. The van der Waals surface area contributed by atoms with Crippen molar-refractivity contribution in [2.45, 2.75) is 45.5 Å².